The predicted molar refractivity (Wildman–Crippen MR) is 154 cm³/mol. The number of hydrogen-bond donors (Lipinski definition) is 2. The minimum atomic E-state index is -4.03. The number of methoxy groups -OCH3 is 2. The Bertz CT molecular complexity index is 1650. The van der Waals surface area contributed by atoms with E-state index >= 15 is 0 Å². The summed E-state index contributed by atoms with van der Waals surface area (Å²) >= 11 is 0. The van der Waals surface area contributed by atoms with Crippen LogP contribution in [0.2, 0.25) is 0 Å². The van der Waals surface area contributed by atoms with Crippen LogP contribution in [-0.4, -0.2) is 64.0 Å². The Kier molecular flexibility index (Phi) is 8.19. The molecule has 2 N–H and O–H groups in total. The molecule has 1 aliphatic heterocycles. The van der Waals surface area contributed by atoms with E-state index in [9.17, 15) is 18.0 Å². The molecule has 0 saturated heterocycles. The standard InChI is InChI=1S/C28H29N5O6S/c1-6-29-19-12-13-20(17(2)15-19)30-25(26-31-21-9-7-8-10-24(21)40(36,37)33(26)3)27(34)32-22-16-18(28(35)39-5)11-14-23(22)38-4/h7-16,29H,6H2,1-5H3,(H,32,34). The molecule has 0 aromatic heterocycles. The summed E-state index contributed by atoms with van der Waals surface area (Å²) < 4.78 is 37.8. The Morgan fingerprint density at radius 2 is 1.80 bits per heavy atom. The molecule has 4 rings (SSSR count). The maximum Gasteiger partial charge on any atom is 0.337 e. The van der Waals surface area contributed by atoms with Crippen LogP contribution >= 0.6 is 0 Å². The zero-order valence-corrected chi connectivity index (χ0v) is 23.5. The van der Waals surface area contributed by atoms with E-state index in [1.54, 1.807) is 24.3 Å². The lowest BCUT2D eigenvalue weighted by Crippen LogP contribution is -2.44. The largest absolute Gasteiger partial charge is 0.495 e. The van der Waals surface area contributed by atoms with Crippen LogP contribution in [0, 0.1) is 6.92 Å². The summed E-state index contributed by atoms with van der Waals surface area (Å²) in [7, 11) is -0.0573. The summed E-state index contributed by atoms with van der Waals surface area (Å²) in [5.41, 5.74) is 2.31. The van der Waals surface area contributed by atoms with Crippen LogP contribution in [0.4, 0.5) is 22.7 Å². The lowest BCUT2D eigenvalue weighted by Gasteiger charge is -2.27. The summed E-state index contributed by atoms with van der Waals surface area (Å²) in [6, 6.07) is 16.1. The summed E-state index contributed by atoms with van der Waals surface area (Å²) in [5.74, 6) is -1.28. The first kappa shape index (κ1) is 28.3. The Balaban J connectivity index is 1.87. The van der Waals surface area contributed by atoms with Crippen molar-refractivity contribution in [2.45, 2.75) is 18.7 Å². The molecule has 0 spiro atoms. The van der Waals surface area contributed by atoms with Crippen LogP contribution < -0.4 is 15.4 Å². The number of fused-ring (bicyclic) bond motifs is 1. The van der Waals surface area contributed by atoms with E-state index in [0.717, 1.165) is 22.1 Å². The minimum Gasteiger partial charge on any atom is -0.495 e. The number of nitrogens with zero attached hydrogens (tertiary/aromatic N) is 3. The fourth-order valence-electron chi connectivity index (χ4n) is 4.07. The van der Waals surface area contributed by atoms with E-state index in [1.165, 1.54) is 45.5 Å². The second kappa shape index (κ2) is 11.6. The second-order valence-corrected chi connectivity index (χ2v) is 10.7. The maximum absolute atomic E-state index is 13.9. The molecule has 1 amide bonds. The molecule has 0 fully saturated rings. The maximum atomic E-state index is 13.9. The van der Waals surface area contributed by atoms with Crippen molar-refractivity contribution >= 4 is 56.2 Å². The van der Waals surface area contributed by atoms with Gasteiger partial charge in [-0.15, -0.1) is 0 Å². The molecule has 0 atom stereocenters. The number of amides is 1. The van der Waals surface area contributed by atoms with Crippen molar-refractivity contribution in [3.05, 3.63) is 71.8 Å². The number of nitrogens with one attached hydrogen (secondary N) is 2. The summed E-state index contributed by atoms with van der Waals surface area (Å²) in [6.45, 7) is 4.53. The SMILES string of the molecule is CCNc1ccc(N=C(C(=O)Nc2cc(C(=O)OC)ccc2OC)C2=Nc3ccccc3S(=O)(=O)N2C)c(C)c1. The van der Waals surface area contributed by atoms with Crippen LogP contribution in [0.3, 0.4) is 0 Å². The zero-order valence-electron chi connectivity index (χ0n) is 22.7. The zero-order chi connectivity index (χ0) is 29.0. The van der Waals surface area contributed by atoms with Gasteiger partial charge >= 0.3 is 5.97 Å². The van der Waals surface area contributed by atoms with Crippen molar-refractivity contribution in [3.8, 4) is 5.75 Å². The monoisotopic (exact) mass is 563 g/mol. The van der Waals surface area contributed by atoms with Gasteiger partial charge in [-0.05, 0) is 67.9 Å². The first-order valence-corrected chi connectivity index (χ1v) is 13.7. The van der Waals surface area contributed by atoms with E-state index in [2.05, 4.69) is 20.6 Å². The number of aliphatic imine (C=N–C) groups is 2. The number of benzene rings is 3. The predicted octanol–water partition coefficient (Wildman–Crippen LogP) is 4.30. The Hall–Kier alpha value is -4.71. The Labute approximate surface area is 232 Å². The second-order valence-electron chi connectivity index (χ2n) is 8.73. The molecule has 3 aromatic rings. The van der Waals surface area contributed by atoms with Crippen molar-refractivity contribution in [2.24, 2.45) is 9.98 Å². The average Bonchev–Trinajstić information content (AvgIpc) is 2.94. The highest BCUT2D eigenvalue weighted by Gasteiger charge is 2.36. The molecular weight excluding hydrogens is 534 g/mol. The normalized spacial score (nSPS) is 14.1. The molecule has 40 heavy (non-hydrogen) atoms. The molecule has 0 saturated carbocycles. The quantitative estimate of drug-likeness (QED) is 0.308. The number of sulfonamides is 1. The van der Waals surface area contributed by atoms with Crippen LogP contribution in [-0.2, 0) is 19.6 Å². The summed E-state index contributed by atoms with van der Waals surface area (Å²) in [6.07, 6.45) is 0. The number of hydrogen-bond acceptors (Lipinski definition) is 9. The molecule has 208 valence electrons. The van der Waals surface area contributed by atoms with Gasteiger partial charge in [-0.25, -0.2) is 23.2 Å². The van der Waals surface area contributed by atoms with Gasteiger partial charge in [0.15, 0.2) is 11.5 Å². The van der Waals surface area contributed by atoms with Crippen molar-refractivity contribution in [3.63, 3.8) is 0 Å². The van der Waals surface area contributed by atoms with Crippen molar-refractivity contribution in [1.82, 2.24) is 4.31 Å². The van der Waals surface area contributed by atoms with Crippen LogP contribution in [0.1, 0.15) is 22.8 Å². The number of para-hydroxylation sites is 1. The number of anilines is 2. The number of carbonyl (C=O) groups is 2. The molecule has 0 bridgehead atoms. The Morgan fingerprint density at radius 1 is 1.05 bits per heavy atom. The number of ether oxygens (including phenoxy) is 2. The van der Waals surface area contributed by atoms with Crippen LogP contribution in [0.25, 0.3) is 0 Å². The first-order valence-electron chi connectivity index (χ1n) is 12.3. The molecule has 1 heterocycles. The van der Waals surface area contributed by atoms with Gasteiger partial charge in [-0.1, -0.05) is 12.1 Å². The van der Waals surface area contributed by atoms with E-state index in [1.807, 2.05) is 26.0 Å². The molecule has 3 aromatic carbocycles. The number of aryl methyl sites for hydroxylation is 1. The van der Waals surface area contributed by atoms with Crippen molar-refractivity contribution in [1.29, 1.82) is 0 Å². The lowest BCUT2D eigenvalue weighted by atomic mass is 10.1. The Morgan fingerprint density at radius 3 is 2.48 bits per heavy atom. The third kappa shape index (κ3) is 5.52. The van der Waals surface area contributed by atoms with Gasteiger partial charge < -0.3 is 20.1 Å². The lowest BCUT2D eigenvalue weighted by molar-refractivity contribution is -0.110. The highest BCUT2D eigenvalue weighted by Crippen LogP contribution is 2.33. The molecule has 11 nitrogen and oxygen atoms in total. The van der Waals surface area contributed by atoms with Gasteiger partial charge in [-0.2, -0.15) is 0 Å². The summed E-state index contributed by atoms with van der Waals surface area (Å²) in [4.78, 5) is 35.1. The highest BCUT2D eigenvalue weighted by atomic mass is 32.2. The van der Waals surface area contributed by atoms with Gasteiger partial charge in [0, 0.05) is 19.3 Å². The molecule has 1 aliphatic rings. The van der Waals surface area contributed by atoms with Gasteiger partial charge in [0.1, 0.15) is 10.6 Å². The van der Waals surface area contributed by atoms with Gasteiger partial charge in [-0.3, -0.25) is 9.10 Å². The van der Waals surface area contributed by atoms with E-state index in [0.29, 0.717) is 5.69 Å². The van der Waals surface area contributed by atoms with Crippen LogP contribution in [0.15, 0.2) is 75.5 Å². The highest BCUT2D eigenvalue weighted by molar-refractivity contribution is 7.90. The van der Waals surface area contributed by atoms with Crippen molar-refractivity contribution < 1.29 is 27.5 Å². The molecule has 0 unspecified atom stereocenters. The smallest absolute Gasteiger partial charge is 0.337 e. The molecular formula is C28H29N5O6S. The van der Waals surface area contributed by atoms with Crippen LogP contribution in [0.5, 0.6) is 5.75 Å². The fourth-order valence-corrected chi connectivity index (χ4v) is 5.34. The molecule has 12 heteroatoms. The number of rotatable bonds is 8. The van der Waals surface area contributed by atoms with Crippen molar-refractivity contribution in [2.75, 3.05) is 38.4 Å². The van der Waals surface area contributed by atoms with E-state index in [-0.39, 0.29) is 39.1 Å². The number of esters is 1. The summed E-state index contributed by atoms with van der Waals surface area (Å²) in [5, 5.41) is 5.92. The first-order chi connectivity index (χ1) is 19.1. The van der Waals surface area contributed by atoms with E-state index in [4.69, 9.17) is 9.47 Å². The molecule has 0 radical (unpaired) electrons. The molecule has 0 aliphatic carbocycles. The topological polar surface area (TPSA) is 139 Å². The third-order valence-corrected chi connectivity index (χ3v) is 7.93. The van der Waals surface area contributed by atoms with Gasteiger partial charge in [0.2, 0.25) is 0 Å². The van der Waals surface area contributed by atoms with E-state index < -0.39 is 21.9 Å². The van der Waals surface area contributed by atoms with Gasteiger partial charge in [0.25, 0.3) is 15.9 Å². The van der Waals surface area contributed by atoms with Gasteiger partial charge in [0.05, 0.1) is 36.8 Å². The minimum absolute atomic E-state index is 0.0135. The average molecular weight is 564 g/mol. The third-order valence-electron chi connectivity index (χ3n) is 6.13. The number of carbonyl (C=O) groups excluding carboxylic acids is 2. The number of amidine groups is 1. The fraction of sp³-hybridized carbons (Fsp3) is 0.214.